The summed E-state index contributed by atoms with van der Waals surface area (Å²) in [5.74, 6) is -1.03. The molecule has 2 rings (SSSR count). The van der Waals surface area contributed by atoms with E-state index < -0.39 is 11.9 Å². The van der Waals surface area contributed by atoms with E-state index in [1.165, 1.54) is 32.8 Å². The monoisotopic (exact) mass is 384 g/mol. The fourth-order valence-corrected chi connectivity index (χ4v) is 1.51. The molecule has 0 aliphatic rings. The number of nitrogen functional groups attached to an aromatic ring is 2. The van der Waals surface area contributed by atoms with Gasteiger partial charge in [0, 0.05) is 12.4 Å². The minimum Gasteiger partial charge on any atom is -0.464 e. The zero-order chi connectivity index (χ0) is 17.4. The van der Waals surface area contributed by atoms with Gasteiger partial charge in [-0.1, -0.05) is 0 Å². The van der Waals surface area contributed by atoms with Crippen LogP contribution in [0.5, 0.6) is 0 Å². The maximum absolute atomic E-state index is 11.0. The molecule has 0 aromatic carbocycles. The Balaban J connectivity index is 0.000000231. The van der Waals surface area contributed by atoms with Crippen LogP contribution in [0.3, 0.4) is 0 Å². The lowest BCUT2D eigenvalue weighted by molar-refractivity contribution is 0.0586. The number of rotatable bonds is 2. The van der Waals surface area contributed by atoms with Gasteiger partial charge in [-0.25, -0.2) is 29.5 Å². The van der Waals surface area contributed by atoms with Gasteiger partial charge in [0.2, 0.25) is 0 Å². The summed E-state index contributed by atoms with van der Waals surface area (Å²) in [6.45, 7) is 0. The topological polar surface area (TPSA) is 156 Å². The smallest absolute Gasteiger partial charge is 0.360 e. The molecular weight excluding hydrogens is 372 g/mol. The third-order valence-electron chi connectivity index (χ3n) is 2.26. The fraction of sp³-hybridized carbons (Fsp3) is 0.167. The second-order valence-electron chi connectivity index (χ2n) is 3.70. The third kappa shape index (κ3) is 5.14. The van der Waals surface area contributed by atoms with Crippen LogP contribution in [0.15, 0.2) is 23.2 Å². The van der Waals surface area contributed by atoms with E-state index in [1.807, 2.05) is 0 Å². The third-order valence-corrected chi connectivity index (χ3v) is 2.64. The largest absolute Gasteiger partial charge is 0.464 e. The zero-order valence-electron chi connectivity index (χ0n) is 12.2. The van der Waals surface area contributed by atoms with Crippen molar-refractivity contribution in [2.45, 2.75) is 0 Å². The summed E-state index contributed by atoms with van der Waals surface area (Å²) in [6.07, 6.45) is 4.19. The van der Waals surface area contributed by atoms with Crippen LogP contribution in [0.1, 0.15) is 21.0 Å². The molecule has 0 amide bonds. The van der Waals surface area contributed by atoms with Crippen molar-refractivity contribution in [2.75, 3.05) is 25.7 Å². The van der Waals surface area contributed by atoms with Gasteiger partial charge in [-0.15, -0.1) is 0 Å². The highest BCUT2D eigenvalue weighted by Gasteiger charge is 2.13. The fourth-order valence-electron chi connectivity index (χ4n) is 1.23. The average Bonchev–Trinajstić information content (AvgIpc) is 2.56. The number of hydrogen-bond donors (Lipinski definition) is 2. The highest BCUT2D eigenvalue weighted by Crippen LogP contribution is 2.10. The van der Waals surface area contributed by atoms with Crippen molar-refractivity contribution in [1.82, 2.24) is 19.9 Å². The first-order valence-corrected chi connectivity index (χ1v) is 6.71. The Morgan fingerprint density at radius 2 is 1.48 bits per heavy atom. The lowest BCUT2D eigenvalue weighted by Crippen LogP contribution is -2.09. The maximum Gasteiger partial charge on any atom is 0.360 e. The van der Waals surface area contributed by atoms with Gasteiger partial charge in [-0.3, -0.25) is 0 Å². The lowest BCUT2D eigenvalue weighted by Gasteiger charge is -2.00. The van der Waals surface area contributed by atoms with Gasteiger partial charge in [0.15, 0.2) is 23.0 Å². The van der Waals surface area contributed by atoms with Gasteiger partial charge >= 0.3 is 11.9 Å². The van der Waals surface area contributed by atoms with Crippen molar-refractivity contribution in [3.8, 4) is 0 Å². The van der Waals surface area contributed by atoms with Crippen molar-refractivity contribution in [2.24, 2.45) is 0 Å². The Bertz CT molecular complexity index is 712. The van der Waals surface area contributed by atoms with E-state index in [4.69, 9.17) is 11.5 Å². The standard InChI is InChI=1S/C6H6BrN3O2.C6H7N3O2/c1-12-6(11)4-5(8)9-2-3(7)10-4;1-11-6(10)4-5(7)9-3-2-8-4/h2H,1H3,(H2,8,9);2-3H,1H3,(H2,7,9). The Kier molecular flexibility index (Phi) is 6.80. The molecule has 0 aliphatic heterocycles. The predicted octanol–water partition coefficient (Wildman–Crippen LogP) is 0.453. The Morgan fingerprint density at radius 1 is 0.957 bits per heavy atom. The van der Waals surface area contributed by atoms with E-state index >= 15 is 0 Å². The van der Waals surface area contributed by atoms with Gasteiger partial charge in [0.05, 0.1) is 20.4 Å². The number of aromatic nitrogens is 4. The molecule has 0 unspecified atom stereocenters. The number of nitrogens with zero attached hydrogens (tertiary/aromatic N) is 4. The van der Waals surface area contributed by atoms with Gasteiger partial charge in [-0.05, 0) is 15.9 Å². The molecule has 23 heavy (non-hydrogen) atoms. The number of esters is 2. The second-order valence-corrected chi connectivity index (χ2v) is 4.51. The van der Waals surface area contributed by atoms with Crippen LogP contribution >= 0.6 is 15.9 Å². The summed E-state index contributed by atoms with van der Waals surface area (Å²) in [7, 11) is 2.51. The molecule has 0 aliphatic carbocycles. The first kappa shape index (κ1) is 18.2. The highest BCUT2D eigenvalue weighted by molar-refractivity contribution is 9.10. The molecule has 0 saturated carbocycles. The summed E-state index contributed by atoms with van der Waals surface area (Å²) < 4.78 is 9.27. The summed E-state index contributed by atoms with van der Waals surface area (Å²) in [5.41, 5.74) is 10.8. The first-order valence-electron chi connectivity index (χ1n) is 5.91. The molecular formula is C12H13BrN6O4. The van der Waals surface area contributed by atoms with Crippen molar-refractivity contribution in [3.63, 3.8) is 0 Å². The second kappa shape index (κ2) is 8.58. The van der Waals surface area contributed by atoms with Crippen LogP contribution in [-0.4, -0.2) is 46.1 Å². The molecule has 0 bridgehead atoms. The average molecular weight is 385 g/mol. The predicted molar refractivity (Wildman–Crippen MR) is 83.3 cm³/mol. The molecule has 10 nitrogen and oxygen atoms in total. The molecule has 2 heterocycles. The van der Waals surface area contributed by atoms with Crippen molar-refractivity contribution >= 4 is 39.5 Å². The van der Waals surface area contributed by atoms with Crippen molar-refractivity contribution in [3.05, 3.63) is 34.6 Å². The Hall–Kier alpha value is -2.82. The zero-order valence-corrected chi connectivity index (χ0v) is 13.8. The minimum absolute atomic E-state index is 0.0203. The summed E-state index contributed by atoms with van der Waals surface area (Å²) in [5, 5.41) is 0. The van der Waals surface area contributed by atoms with E-state index in [2.05, 4.69) is 45.3 Å². The van der Waals surface area contributed by atoms with Gasteiger partial charge in [0.1, 0.15) is 4.60 Å². The van der Waals surface area contributed by atoms with Gasteiger partial charge in [-0.2, -0.15) is 0 Å². The van der Waals surface area contributed by atoms with Crippen LogP contribution in [-0.2, 0) is 9.47 Å². The number of hydrogen-bond acceptors (Lipinski definition) is 10. The lowest BCUT2D eigenvalue weighted by atomic mass is 10.4. The summed E-state index contributed by atoms with van der Waals surface area (Å²) >= 11 is 3.06. The molecule has 0 fully saturated rings. The molecule has 4 N–H and O–H groups in total. The van der Waals surface area contributed by atoms with Gasteiger partial charge < -0.3 is 20.9 Å². The highest BCUT2D eigenvalue weighted by atomic mass is 79.9. The maximum atomic E-state index is 11.0. The number of ether oxygens (including phenoxy) is 2. The number of carbonyl (C=O) groups is 2. The molecule has 2 aromatic rings. The molecule has 0 atom stereocenters. The SMILES string of the molecule is COC(=O)c1nc(Br)cnc1N.COC(=O)c1nccnc1N. The molecule has 122 valence electrons. The summed E-state index contributed by atoms with van der Waals surface area (Å²) in [6, 6.07) is 0. The van der Waals surface area contributed by atoms with Crippen LogP contribution in [0.25, 0.3) is 0 Å². The van der Waals surface area contributed by atoms with Crippen LogP contribution in [0.4, 0.5) is 11.6 Å². The molecule has 0 spiro atoms. The number of anilines is 2. The van der Waals surface area contributed by atoms with Crippen LogP contribution < -0.4 is 11.5 Å². The molecule has 0 radical (unpaired) electrons. The van der Waals surface area contributed by atoms with E-state index in [9.17, 15) is 9.59 Å². The van der Waals surface area contributed by atoms with Crippen molar-refractivity contribution < 1.29 is 19.1 Å². The minimum atomic E-state index is -0.596. The first-order chi connectivity index (χ1) is 10.9. The number of halogens is 1. The van der Waals surface area contributed by atoms with Crippen LogP contribution in [0, 0.1) is 0 Å². The number of carbonyl (C=O) groups excluding carboxylic acids is 2. The van der Waals surface area contributed by atoms with E-state index in [-0.39, 0.29) is 23.0 Å². The molecule has 2 aromatic heterocycles. The van der Waals surface area contributed by atoms with E-state index in [0.717, 1.165) is 0 Å². The normalized spacial score (nSPS) is 9.35. The van der Waals surface area contributed by atoms with Crippen molar-refractivity contribution in [1.29, 1.82) is 0 Å². The molecule has 11 heteroatoms. The number of nitrogens with two attached hydrogens (primary N) is 2. The van der Waals surface area contributed by atoms with E-state index in [1.54, 1.807) is 0 Å². The van der Waals surface area contributed by atoms with E-state index in [0.29, 0.717) is 4.60 Å². The molecule has 0 saturated heterocycles. The Labute approximate surface area is 139 Å². The Morgan fingerprint density at radius 3 is 2.04 bits per heavy atom. The van der Waals surface area contributed by atoms with Gasteiger partial charge in [0.25, 0.3) is 0 Å². The number of methoxy groups -OCH3 is 2. The quantitative estimate of drug-likeness (QED) is 0.696. The van der Waals surface area contributed by atoms with Crippen LogP contribution in [0.2, 0.25) is 0 Å². The summed E-state index contributed by atoms with van der Waals surface area (Å²) in [4.78, 5) is 36.7.